The van der Waals surface area contributed by atoms with Crippen LogP contribution in [0.1, 0.15) is 50.3 Å². The Labute approximate surface area is 205 Å². The standard InChI is InChI=1S/C28H32FN3O3/c1-2-26-25(19-31(18-24-12-7-17-34-24)27(33)20-8-6-9-20)28(35-23-15-13-21(29)14-16-23)32(30-26)22-10-4-3-5-11-22/h3-5,10-11,13-16,20,24H,2,6-9,12,17-19H2,1H3. The van der Waals surface area contributed by atoms with E-state index in [9.17, 15) is 9.18 Å². The molecule has 0 spiro atoms. The minimum absolute atomic E-state index is 0.0646. The summed E-state index contributed by atoms with van der Waals surface area (Å²) < 4.78 is 27.6. The van der Waals surface area contributed by atoms with Crippen molar-refractivity contribution in [1.29, 1.82) is 0 Å². The number of amides is 1. The van der Waals surface area contributed by atoms with Gasteiger partial charge in [0.1, 0.15) is 11.6 Å². The van der Waals surface area contributed by atoms with E-state index in [1.54, 1.807) is 16.8 Å². The first-order valence-corrected chi connectivity index (χ1v) is 12.6. The van der Waals surface area contributed by atoms with E-state index in [1.807, 2.05) is 35.2 Å². The van der Waals surface area contributed by atoms with Gasteiger partial charge in [0.25, 0.3) is 0 Å². The lowest BCUT2D eigenvalue weighted by atomic mass is 9.84. The number of halogens is 1. The van der Waals surface area contributed by atoms with E-state index < -0.39 is 0 Å². The predicted octanol–water partition coefficient (Wildman–Crippen LogP) is 5.67. The van der Waals surface area contributed by atoms with Gasteiger partial charge in [-0.25, -0.2) is 9.07 Å². The van der Waals surface area contributed by atoms with Crippen LogP contribution in [0.3, 0.4) is 0 Å². The number of aromatic nitrogens is 2. The minimum Gasteiger partial charge on any atom is -0.439 e. The van der Waals surface area contributed by atoms with E-state index in [1.165, 1.54) is 12.1 Å². The third-order valence-electron chi connectivity index (χ3n) is 6.95. The van der Waals surface area contributed by atoms with Crippen LogP contribution < -0.4 is 4.74 Å². The minimum atomic E-state index is -0.322. The van der Waals surface area contributed by atoms with E-state index in [0.29, 0.717) is 31.1 Å². The summed E-state index contributed by atoms with van der Waals surface area (Å²) in [5, 5.41) is 4.88. The molecule has 7 heteroatoms. The van der Waals surface area contributed by atoms with Crippen molar-refractivity contribution in [3.05, 3.63) is 71.7 Å². The number of hydrogen-bond donors (Lipinski definition) is 0. The number of aryl methyl sites for hydroxylation is 1. The van der Waals surface area contributed by atoms with Gasteiger partial charge < -0.3 is 14.4 Å². The highest BCUT2D eigenvalue weighted by Gasteiger charge is 2.33. The Morgan fingerprint density at radius 2 is 1.89 bits per heavy atom. The van der Waals surface area contributed by atoms with Crippen LogP contribution in [0.15, 0.2) is 54.6 Å². The topological polar surface area (TPSA) is 56.6 Å². The van der Waals surface area contributed by atoms with Crippen LogP contribution in [0.25, 0.3) is 5.69 Å². The summed E-state index contributed by atoms with van der Waals surface area (Å²) in [4.78, 5) is 15.4. The molecule has 2 aliphatic rings. The maximum Gasteiger partial charge on any atom is 0.227 e. The molecule has 0 radical (unpaired) electrons. The number of ether oxygens (including phenoxy) is 2. The van der Waals surface area contributed by atoms with Crippen molar-refractivity contribution in [3.8, 4) is 17.3 Å². The van der Waals surface area contributed by atoms with Crippen molar-refractivity contribution in [2.75, 3.05) is 13.2 Å². The van der Waals surface area contributed by atoms with Crippen LogP contribution in [0.4, 0.5) is 4.39 Å². The lowest BCUT2D eigenvalue weighted by molar-refractivity contribution is -0.140. The zero-order valence-corrected chi connectivity index (χ0v) is 20.2. The van der Waals surface area contributed by atoms with Gasteiger partial charge in [0.2, 0.25) is 11.8 Å². The summed E-state index contributed by atoms with van der Waals surface area (Å²) >= 11 is 0. The van der Waals surface area contributed by atoms with Gasteiger partial charge >= 0.3 is 0 Å². The molecular formula is C28H32FN3O3. The second-order valence-corrected chi connectivity index (χ2v) is 9.37. The fourth-order valence-electron chi connectivity index (χ4n) is 4.75. The number of rotatable bonds is 9. The first kappa shape index (κ1) is 23.5. The summed E-state index contributed by atoms with van der Waals surface area (Å²) in [6.45, 7) is 3.79. The Morgan fingerprint density at radius 3 is 2.51 bits per heavy atom. The summed E-state index contributed by atoms with van der Waals surface area (Å²) in [5.41, 5.74) is 2.62. The maximum absolute atomic E-state index is 13.5. The van der Waals surface area contributed by atoms with Crippen LogP contribution in [0.2, 0.25) is 0 Å². The van der Waals surface area contributed by atoms with Gasteiger partial charge in [-0.05, 0) is 68.5 Å². The summed E-state index contributed by atoms with van der Waals surface area (Å²) in [6.07, 6.45) is 5.76. The average Bonchev–Trinajstić information content (AvgIpc) is 3.47. The van der Waals surface area contributed by atoms with Crippen LogP contribution in [0.5, 0.6) is 11.6 Å². The van der Waals surface area contributed by atoms with Crippen LogP contribution >= 0.6 is 0 Å². The van der Waals surface area contributed by atoms with E-state index in [0.717, 1.165) is 55.7 Å². The number of nitrogens with zero attached hydrogens (tertiary/aromatic N) is 3. The quantitative estimate of drug-likeness (QED) is 0.398. The molecule has 2 heterocycles. The third kappa shape index (κ3) is 5.25. The largest absolute Gasteiger partial charge is 0.439 e. The van der Waals surface area contributed by atoms with Gasteiger partial charge in [0.15, 0.2) is 0 Å². The van der Waals surface area contributed by atoms with Gasteiger partial charge in [-0.15, -0.1) is 0 Å². The van der Waals surface area contributed by atoms with Crippen molar-refractivity contribution >= 4 is 5.91 Å². The van der Waals surface area contributed by atoms with Gasteiger partial charge in [-0.2, -0.15) is 5.10 Å². The maximum atomic E-state index is 13.5. The van der Waals surface area contributed by atoms with Crippen molar-refractivity contribution in [3.63, 3.8) is 0 Å². The number of para-hydroxylation sites is 1. The predicted molar refractivity (Wildman–Crippen MR) is 131 cm³/mol. The Hall–Kier alpha value is -3.19. The molecule has 1 aliphatic heterocycles. The van der Waals surface area contributed by atoms with E-state index in [4.69, 9.17) is 14.6 Å². The van der Waals surface area contributed by atoms with Crippen LogP contribution in [0, 0.1) is 11.7 Å². The van der Waals surface area contributed by atoms with Gasteiger partial charge in [-0.1, -0.05) is 31.5 Å². The molecule has 5 rings (SSSR count). The van der Waals surface area contributed by atoms with Crippen molar-refractivity contribution in [1.82, 2.24) is 14.7 Å². The first-order valence-electron chi connectivity index (χ1n) is 12.6. The molecule has 0 bridgehead atoms. The highest BCUT2D eigenvalue weighted by atomic mass is 19.1. The Morgan fingerprint density at radius 1 is 1.11 bits per heavy atom. The highest BCUT2D eigenvalue weighted by Crippen LogP contribution is 2.35. The average molecular weight is 478 g/mol. The lowest BCUT2D eigenvalue weighted by Crippen LogP contribution is -2.42. The third-order valence-corrected chi connectivity index (χ3v) is 6.95. The summed E-state index contributed by atoms with van der Waals surface area (Å²) in [5.74, 6) is 1.03. The number of carbonyl (C=O) groups is 1. The second kappa shape index (κ2) is 10.6. The zero-order chi connectivity index (χ0) is 24.2. The second-order valence-electron chi connectivity index (χ2n) is 9.37. The molecule has 3 aromatic rings. The van der Waals surface area contributed by atoms with Gasteiger partial charge in [-0.3, -0.25) is 4.79 Å². The van der Waals surface area contributed by atoms with Gasteiger partial charge in [0, 0.05) is 19.1 Å². The SMILES string of the molecule is CCc1nn(-c2ccccc2)c(Oc2ccc(F)cc2)c1CN(CC1CCCO1)C(=O)C1CCC1. The normalized spacial score (nSPS) is 17.8. The zero-order valence-electron chi connectivity index (χ0n) is 20.2. The molecule has 35 heavy (non-hydrogen) atoms. The molecule has 1 atom stereocenters. The first-order chi connectivity index (χ1) is 17.1. The molecule has 1 saturated carbocycles. The number of hydrogen-bond acceptors (Lipinski definition) is 4. The van der Waals surface area contributed by atoms with E-state index in [-0.39, 0.29) is 23.7 Å². The van der Waals surface area contributed by atoms with Crippen LogP contribution in [-0.2, 0) is 22.5 Å². The summed E-state index contributed by atoms with van der Waals surface area (Å²) in [6, 6.07) is 15.8. The van der Waals surface area contributed by atoms with Crippen LogP contribution in [-0.4, -0.2) is 39.8 Å². The smallest absolute Gasteiger partial charge is 0.227 e. The van der Waals surface area contributed by atoms with E-state index in [2.05, 4.69) is 6.92 Å². The van der Waals surface area contributed by atoms with Crippen molar-refractivity contribution in [2.45, 2.75) is 58.1 Å². The van der Waals surface area contributed by atoms with Gasteiger partial charge in [0.05, 0.1) is 29.6 Å². The Balaban J connectivity index is 1.53. The highest BCUT2D eigenvalue weighted by molar-refractivity contribution is 5.79. The van der Waals surface area contributed by atoms with Crippen molar-refractivity contribution in [2.24, 2.45) is 5.92 Å². The summed E-state index contributed by atoms with van der Waals surface area (Å²) in [7, 11) is 0. The lowest BCUT2D eigenvalue weighted by Gasteiger charge is -2.33. The molecule has 2 fully saturated rings. The molecule has 184 valence electrons. The molecule has 6 nitrogen and oxygen atoms in total. The number of benzene rings is 2. The fraction of sp³-hybridized carbons (Fsp3) is 0.429. The Bertz CT molecular complexity index is 1140. The molecule has 1 saturated heterocycles. The fourth-order valence-corrected chi connectivity index (χ4v) is 4.75. The Kier molecular flexibility index (Phi) is 7.13. The molecular weight excluding hydrogens is 445 g/mol. The molecule has 1 amide bonds. The monoisotopic (exact) mass is 477 g/mol. The molecule has 1 unspecified atom stereocenters. The molecule has 2 aromatic carbocycles. The molecule has 0 N–H and O–H groups in total. The molecule has 1 aliphatic carbocycles. The van der Waals surface area contributed by atoms with Crippen molar-refractivity contribution < 1.29 is 18.7 Å². The molecule has 1 aromatic heterocycles. The number of carbonyl (C=O) groups excluding carboxylic acids is 1. The van der Waals surface area contributed by atoms with E-state index >= 15 is 0 Å².